The van der Waals surface area contributed by atoms with Crippen molar-refractivity contribution in [3.8, 4) is 0 Å². The van der Waals surface area contributed by atoms with Crippen molar-refractivity contribution in [1.29, 1.82) is 0 Å². The number of hydrogen-bond acceptors (Lipinski definition) is 6. The molecular weight excluding hydrogens is 238 g/mol. The highest BCUT2D eigenvalue weighted by Crippen LogP contribution is 2.03. The summed E-state index contributed by atoms with van der Waals surface area (Å²) in [7, 11) is 0. The van der Waals surface area contributed by atoms with Crippen LogP contribution in [0.3, 0.4) is 0 Å². The highest BCUT2D eigenvalue weighted by atomic mass is 32.2. The average molecular weight is 255 g/mol. The van der Waals surface area contributed by atoms with Gasteiger partial charge in [0, 0.05) is 6.04 Å². The van der Waals surface area contributed by atoms with Crippen molar-refractivity contribution in [3.05, 3.63) is 18.1 Å². The molecule has 0 saturated heterocycles. The Labute approximate surface area is 105 Å². The molecule has 0 aliphatic heterocycles. The molecule has 1 heterocycles. The van der Waals surface area contributed by atoms with Crippen LogP contribution in [0.4, 0.5) is 5.82 Å². The number of nitrogen functional groups attached to an aromatic ring is 1. The number of aromatic nitrogens is 2. The maximum atomic E-state index is 11.8. The van der Waals surface area contributed by atoms with E-state index in [1.807, 2.05) is 13.2 Å². The zero-order valence-electron chi connectivity index (χ0n) is 9.93. The van der Waals surface area contributed by atoms with E-state index in [9.17, 15) is 4.79 Å². The van der Waals surface area contributed by atoms with Gasteiger partial charge >= 0.3 is 0 Å². The Bertz CT molecular complexity index is 373. The zero-order valence-corrected chi connectivity index (χ0v) is 10.8. The molecule has 0 aliphatic rings. The molecule has 6 nitrogen and oxygen atoms in total. The summed E-state index contributed by atoms with van der Waals surface area (Å²) in [6.45, 7) is 1.96. The lowest BCUT2D eigenvalue weighted by Crippen LogP contribution is -2.33. The predicted octanol–water partition coefficient (Wildman–Crippen LogP) is 0.634. The number of carbonyl (C=O) groups is 1. The van der Waals surface area contributed by atoms with E-state index in [2.05, 4.69) is 20.7 Å². The third-order valence-corrected chi connectivity index (χ3v) is 2.79. The van der Waals surface area contributed by atoms with E-state index in [1.165, 1.54) is 12.4 Å². The molecule has 94 valence electrons. The molecular formula is C10H17N5OS. The SMILES string of the molecule is CSCCC(C)NC(=O)c1cncc(NN)n1. The first kappa shape index (κ1) is 13.7. The standard InChI is InChI=1S/C10H17N5OS/c1-7(3-4-17-2)13-10(16)8-5-12-6-9(14-8)15-11/h5-7H,3-4,11H2,1-2H3,(H,13,16)(H,14,15). The smallest absolute Gasteiger partial charge is 0.271 e. The Balaban J connectivity index is 2.56. The second-order valence-corrected chi connectivity index (χ2v) is 4.58. The van der Waals surface area contributed by atoms with Gasteiger partial charge < -0.3 is 10.7 Å². The minimum absolute atomic E-state index is 0.117. The lowest BCUT2D eigenvalue weighted by atomic mass is 10.2. The molecule has 4 N–H and O–H groups in total. The fourth-order valence-electron chi connectivity index (χ4n) is 1.21. The lowest BCUT2D eigenvalue weighted by molar-refractivity contribution is 0.0934. The molecule has 0 aromatic carbocycles. The van der Waals surface area contributed by atoms with Crippen LogP contribution < -0.4 is 16.6 Å². The Hall–Kier alpha value is -1.34. The first-order valence-corrected chi connectivity index (χ1v) is 6.65. The summed E-state index contributed by atoms with van der Waals surface area (Å²) in [6.07, 6.45) is 5.83. The van der Waals surface area contributed by atoms with Gasteiger partial charge in [-0.05, 0) is 25.4 Å². The number of hydrazine groups is 1. The molecule has 0 aliphatic carbocycles. The average Bonchev–Trinajstić information content (AvgIpc) is 2.36. The van der Waals surface area contributed by atoms with E-state index in [1.54, 1.807) is 11.8 Å². The Morgan fingerprint density at radius 3 is 3.00 bits per heavy atom. The number of nitrogens with zero attached hydrogens (tertiary/aromatic N) is 2. The summed E-state index contributed by atoms with van der Waals surface area (Å²) in [6, 6.07) is 0.117. The number of rotatable bonds is 6. The van der Waals surface area contributed by atoms with Gasteiger partial charge in [0.25, 0.3) is 5.91 Å². The molecule has 17 heavy (non-hydrogen) atoms. The van der Waals surface area contributed by atoms with Crippen molar-refractivity contribution in [2.75, 3.05) is 17.4 Å². The van der Waals surface area contributed by atoms with Gasteiger partial charge in [-0.3, -0.25) is 9.78 Å². The van der Waals surface area contributed by atoms with Crippen LogP contribution in [0, 0.1) is 0 Å². The molecule has 1 amide bonds. The summed E-state index contributed by atoms with van der Waals surface area (Å²) in [5, 5.41) is 2.86. The first-order chi connectivity index (χ1) is 8.17. The maximum absolute atomic E-state index is 11.8. The highest BCUT2D eigenvalue weighted by Gasteiger charge is 2.11. The van der Waals surface area contributed by atoms with Crippen LogP contribution in [0.5, 0.6) is 0 Å². The third kappa shape index (κ3) is 4.58. The van der Waals surface area contributed by atoms with Gasteiger partial charge in [0.1, 0.15) is 5.69 Å². The van der Waals surface area contributed by atoms with Gasteiger partial charge in [-0.1, -0.05) is 0 Å². The van der Waals surface area contributed by atoms with Crippen LogP contribution in [0.15, 0.2) is 12.4 Å². The van der Waals surface area contributed by atoms with E-state index in [4.69, 9.17) is 5.84 Å². The minimum atomic E-state index is -0.233. The van der Waals surface area contributed by atoms with Gasteiger partial charge in [-0.15, -0.1) is 0 Å². The van der Waals surface area contributed by atoms with E-state index in [0.29, 0.717) is 5.82 Å². The number of hydrogen-bond donors (Lipinski definition) is 3. The van der Waals surface area contributed by atoms with Crippen LogP contribution in [-0.4, -0.2) is 33.9 Å². The van der Waals surface area contributed by atoms with Gasteiger partial charge in [-0.25, -0.2) is 10.8 Å². The van der Waals surface area contributed by atoms with Crippen LogP contribution in [0.25, 0.3) is 0 Å². The first-order valence-electron chi connectivity index (χ1n) is 5.25. The molecule has 7 heteroatoms. The Kier molecular flexibility index (Phi) is 5.71. The molecule has 0 fully saturated rings. The van der Waals surface area contributed by atoms with Crippen molar-refractivity contribution in [1.82, 2.24) is 15.3 Å². The normalized spacial score (nSPS) is 11.9. The molecule has 0 saturated carbocycles. The van der Waals surface area contributed by atoms with Crippen LogP contribution in [0.1, 0.15) is 23.8 Å². The van der Waals surface area contributed by atoms with Crippen molar-refractivity contribution in [2.24, 2.45) is 5.84 Å². The summed E-state index contributed by atoms with van der Waals surface area (Å²) in [5.74, 6) is 6.35. The molecule has 1 atom stereocenters. The number of anilines is 1. The molecule has 1 aromatic heterocycles. The third-order valence-electron chi connectivity index (χ3n) is 2.15. The maximum Gasteiger partial charge on any atom is 0.271 e. The summed E-state index contributed by atoms with van der Waals surface area (Å²) >= 11 is 1.75. The molecule has 0 radical (unpaired) electrons. The molecule has 0 spiro atoms. The van der Waals surface area contributed by atoms with Gasteiger partial charge in [0.15, 0.2) is 5.82 Å². The monoisotopic (exact) mass is 255 g/mol. The van der Waals surface area contributed by atoms with Crippen molar-refractivity contribution in [3.63, 3.8) is 0 Å². The highest BCUT2D eigenvalue weighted by molar-refractivity contribution is 7.98. The van der Waals surface area contributed by atoms with Gasteiger partial charge in [0.2, 0.25) is 0 Å². The number of thioether (sulfide) groups is 1. The lowest BCUT2D eigenvalue weighted by Gasteiger charge is -2.12. The molecule has 1 rings (SSSR count). The second kappa shape index (κ2) is 7.08. The van der Waals surface area contributed by atoms with Crippen molar-refractivity contribution >= 4 is 23.5 Å². The van der Waals surface area contributed by atoms with E-state index >= 15 is 0 Å². The largest absolute Gasteiger partial charge is 0.348 e. The summed E-state index contributed by atoms with van der Waals surface area (Å²) in [5.41, 5.74) is 2.61. The molecule has 1 aromatic rings. The number of carbonyl (C=O) groups excluding carboxylic acids is 1. The van der Waals surface area contributed by atoms with Gasteiger partial charge in [0.05, 0.1) is 12.4 Å². The van der Waals surface area contributed by atoms with Gasteiger partial charge in [-0.2, -0.15) is 11.8 Å². The molecule has 0 bridgehead atoms. The number of nitrogens with one attached hydrogen (secondary N) is 2. The number of nitrogens with two attached hydrogens (primary N) is 1. The van der Waals surface area contributed by atoms with Crippen molar-refractivity contribution < 1.29 is 4.79 Å². The van der Waals surface area contributed by atoms with E-state index in [-0.39, 0.29) is 17.6 Å². The summed E-state index contributed by atoms with van der Waals surface area (Å²) in [4.78, 5) is 19.7. The fraction of sp³-hybridized carbons (Fsp3) is 0.500. The van der Waals surface area contributed by atoms with E-state index < -0.39 is 0 Å². The Morgan fingerprint density at radius 2 is 2.35 bits per heavy atom. The molecule has 1 unspecified atom stereocenters. The van der Waals surface area contributed by atoms with Crippen LogP contribution >= 0.6 is 11.8 Å². The van der Waals surface area contributed by atoms with E-state index in [0.717, 1.165) is 12.2 Å². The fourth-order valence-corrected chi connectivity index (χ4v) is 1.80. The number of amides is 1. The van der Waals surface area contributed by atoms with Crippen LogP contribution in [-0.2, 0) is 0 Å². The second-order valence-electron chi connectivity index (χ2n) is 3.59. The minimum Gasteiger partial charge on any atom is -0.348 e. The zero-order chi connectivity index (χ0) is 12.7. The van der Waals surface area contributed by atoms with Crippen LogP contribution in [0.2, 0.25) is 0 Å². The summed E-state index contributed by atoms with van der Waals surface area (Å²) < 4.78 is 0. The quantitative estimate of drug-likeness (QED) is 0.510. The predicted molar refractivity (Wildman–Crippen MR) is 69.8 cm³/mol. The topological polar surface area (TPSA) is 92.9 Å². The van der Waals surface area contributed by atoms with Crippen molar-refractivity contribution in [2.45, 2.75) is 19.4 Å². The Morgan fingerprint density at radius 1 is 1.59 bits per heavy atom.